The van der Waals surface area contributed by atoms with Crippen LogP contribution in [-0.4, -0.2) is 36.2 Å². The fourth-order valence-corrected chi connectivity index (χ4v) is 6.68. The number of amides is 1. The van der Waals surface area contributed by atoms with Crippen LogP contribution in [0.1, 0.15) is 49.4 Å². The number of benzene rings is 2. The van der Waals surface area contributed by atoms with Crippen LogP contribution in [0.4, 0.5) is 13.9 Å². The Morgan fingerprint density at radius 1 is 1.16 bits per heavy atom. The van der Waals surface area contributed by atoms with Crippen molar-refractivity contribution in [2.45, 2.75) is 50.0 Å². The highest BCUT2D eigenvalue weighted by Crippen LogP contribution is 2.30. The van der Waals surface area contributed by atoms with Gasteiger partial charge in [0.25, 0.3) is 5.91 Å². The summed E-state index contributed by atoms with van der Waals surface area (Å²) in [7, 11) is -3.66. The molecular formula is C22H23F2N3O3S2. The molecule has 32 heavy (non-hydrogen) atoms. The molecule has 0 saturated heterocycles. The van der Waals surface area contributed by atoms with E-state index in [-0.39, 0.29) is 31.8 Å². The lowest BCUT2D eigenvalue weighted by atomic mass is 9.95. The monoisotopic (exact) mass is 479 g/mol. The van der Waals surface area contributed by atoms with Gasteiger partial charge in [-0.1, -0.05) is 37.5 Å². The first kappa shape index (κ1) is 22.8. The second-order valence-corrected chi connectivity index (χ2v) is 10.7. The molecule has 10 heteroatoms. The molecule has 1 amide bonds. The van der Waals surface area contributed by atoms with Gasteiger partial charge >= 0.3 is 0 Å². The Hall–Kier alpha value is -2.43. The third-order valence-corrected chi connectivity index (χ3v) is 8.61. The summed E-state index contributed by atoms with van der Waals surface area (Å²) in [4.78, 5) is 16.7. The van der Waals surface area contributed by atoms with Crippen LogP contribution >= 0.6 is 11.3 Å². The quantitative estimate of drug-likeness (QED) is 0.529. The largest absolute Gasteiger partial charge is 0.298 e. The lowest BCUT2D eigenvalue weighted by Gasteiger charge is -2.32. The molecule has 1 heterocycles. The minimum absolute atomic E-state index is 0.00555. The summed E-state index contributed by atoms with van der Waals surface area (Å²) >= 11 is 0.953. The van der Waals surface area contributed by atoms with Crippen molar-refractivity contribution in [3.63, 3.8) is 0 Å². The molecule has 1 N–H and O–H groups in total. The number of fused-ring (bicyclic) bond motifs is 1. The van der Waals surface area contributed by atoms with Crippen molar-refractivity contribution in [3.8, 4) is 0 Å². The Labute approximate surface area is 189 Å². The van der Waals surface area contributed by atoms with Crippen LogP contribution in [-0.2, 0) is 10.0 Å². The molecule has 0 radical (unpaired) electrons. The number of anilines is 1. The SMILES string of the molecule is CCN(C1CCCCC1)S(=O)(=O)c1ccc(C(=O)Nc2nc3c(F)cc(F)cc3s2)cc1. The smallest absolute Gasteiger partial charge is 0.257 e. The lowest BCUT2D eigenvalue weighted by Crippen LogP contribution is -2.41. The van der Waals surface area contributed by atoms with Gasteiger partial charge in [0.1, 0.15) is 11.3 Å². The van der Waals surface area contributed by atoms with E-state index in [1.54, 1.807) is 4.31 Å². The molecule has 6 nitrogen and oxygen atoms in total. The van der Waals surface area contributed by atoms with E-state index >= 15 is 0 Å². The first-order valence-electron chi connectivity index (χ1n) is 10.5. The van der Waals surface area contributed by atoms with E-state index in [0.717, 1.165) is 55.6 Å². The Bertz CT molecular complexity index is 1240. The van der Waals surface area contributed by atoms with Gasteiger partial charge in [-0.2, -0.15) is 4.31 Å². The maximum atomic E-state index is 13.8. The summed E-state index contributed by atoms with van der Waals surface area (Å²) in [5.41, 5.74) is 0.214. The average molecular weight is 480 g/mol. The average Bonchev–Trinajstić information content (AvgIpc) is 3.17. The van der Waals surface area contributed by atoms with Crippen molar-refractivity contribution in [2.24, 2.45) is 0 Å². The highest BCUT2D eigenvalue weighted by molar-refractivity contribution is 7.89. The molecule has 3 aromatic rings. The number of rotatable bonds is 6. The number of aromatic nitrogens is 1. The minimum Gasteiger partial charge on any atom is -0.298 e. The first-order chi connectivity index (χ1) is 15.3. The van der Waals surface area contributed by atoms with Crippen molar-refractivity contribution in [1.29, 1.82) is 0 Å². The van der Waals surface area contributed by atoms with Crippen molar-refractivity contribution >= 4 is 42.6 Å². The number of sulfonamides is 1. The number of halogens is 2. The maximum Gasteiger partial charge on any atom is 0.257 e. The molecule has 0 spiro atoms. The van der Waals surface area contributed by atoms with Crippen LogP contribution in [0.25, 0.3) is 10.2 Å². The van der Waals surface area contributed by atoms with Crippen LogP contribution in [0.15, 0.2) is 41.3 Å². The number of nitrogens with zero attached hydrogens (tertiary/aromatic N) is 2. The van der Waals surface area contributed by atoms with Gasteiger partial charge in [0.05, 0.1) is 9.60 Å². The maximum absolute atomic E-state index is 13.8. The van der Waals surface area contributed by atoms with E-state index < -0.39 is 27.6 Å². The topological polar surface area (TPSA) is 79.4 Å². The summed E-state index contributed by atoms with van der Waals surface area (Å²) in [5.74, 6) is -2.04. The van der Waals surface area contributed by atoms with Gasteiger partial charge < -0.3 is 0 Å². The van der Waals surface area contributed by atoms with Crippen LogP contribution in [0.2, 0.25) is 0 Å². The molecule has 0 atom stereocenters. The summed E-state index contributed by atoms with van der Waals surface area (Å²) < 4.78 is 55.3. The van der Waals surface area contributed by atoms with Crippen molar-refractivity contribution < 1.29 is 22.0 Å². The Morgan fingerprint density at radius 3 is 2.50 bits per heavy atom. The van der Waals surface area contributed by atoms with E-state index in [9.17, 15) is 22.0 Å². The number of thiazole rings is 1. The van der Waals surface area contributed by atoms with E-state index in [2.05, 4.69) is 10.3 Å². The second-order valence-electron chi connectivity index (χ2n) is 7.73. The highest BCUT2D eigenvalue weighted by atomic mass is 32.2. The van der Waals surface area contributed by atoms with Crippen molar-refractivity contribution in [1.82, 2.24) is 9.29 Å². The zero-order valence-corrected chi connectivity index (χ0v) is 19.1. The summed E-state index contributed by atoms with van der Waals surface area (Å²) in [6.07, 6.45) is 4.91. The summed E-state index contributed by atoms with van der Waals surface area (Å²) in [6.45, 7) is 2.23. The van der Waals surface area contributed by atoms with E-state index in [1.165, 1.54) is 24.3 Å². The molecule has 4 rings (SSSR count). The molecule has 1 aliphatic rings. The van der Waals surface area contributed by atoms with Crippen molar-refractivity contribution in [3.05, 3.63) is 53.6 Å². The van der Waals surface area contributed by atoms with Gasteiger partial charge in [-0.3, -0.25) is 10.1 Å². The van der Waals surface area contributed by atoms with Gasteiger partial charge in [-0.25, -0.2) is 22.2 Å². The van der Waals surface area contributed by atoms with Gasteiger partial charge in [0, 0.05) is 24.2 Å². The predicted molar refractivity (Wildman–Crippen MR) is 120 cm³/mol. The third kappa shape index (κ3) is 4.53. The Balaban J connectivity index is 1.51. The normalized spacial score (nSPS) is 15.4. The lowest BCUT2D eigenvalue weighted by molar-refractivity contribution is 0.102. The minimum atomic E-state index is -3.66. The molecule has 170 valence electrons. The van der Waals surface area contributed by atoms with Gasteiger partial charge in [-0.05, 0) is 43.2 Å². The number of hydrogen-bond donors (Lipinski definition) is 1. The second kappa shape index (κ2) is 9.21. The van der Waals surface area contributed by atoms with Crippen LogP contribution in [0, 0.1) is 11.6 Å². The Morgan fingerprint density at radius 2 is 1.84 bits per heavy atom. The number of carbonyl (C=O) groups is 1. The van der Waals surface area contributed by atoms with Crippen LogP contribution in [0.3, 0.4) is 0 Å². The fourth-order valence-electron chi connectivity index (χ4n) is 4.09. The highest BCUT2D eigenvalue weighted by Gasteiger charge is 2.31. The number of hydrogen-bond acceptors (Lipinski definition) is 5. The molecular weight excluding hydrogens is 456 g/mol. The fraction of sp³-hybridized carbons (Fsp3) is 0.364. The van der Waals surface area contributed by atoms with Crippen LogP contribution < -0.4 is 5.32 Å². The molecule has 1 aromatic heterocycles. The number of carbonyl (C=O) groups excluding carboxylic acids is 1. The summed E-state index contributed by atoms with van der Waals surface area (Å²) in [6, 6.07) is 7.60. The van der Waals surface area contributed by atoms with Gasteiger partial charge in [0.2, 0.25) is 10.0 Å². The van der Waals surface area contributed by atoms with E-state index in [0.29, 0.717) is 6.54 Å². The van der Waals surface area contributed by atoms with E-state index in [4.69, 9.17) is 0 Å². The molecule has 2 aromatic carbocycles. The standard InChI is InChI=1S/C22H23F2N3O3S2/c1-2-27(16-6-4-3-5-7-16)32(29,30)17-10-8-14(9-11-17)21(28)26-22-25-20-18(24)12-15(23)13-19(20)31-22/h8-13,16H,2-7H2,1H3,(H,25,26,28). The summed E-state index contributed by atoms with van der Waals surface area (Å²) in [5, 5.41) is 2.68. The molecule has 1 saturated carbocycles. The van der Waals surface area contributed by atoms with Gasteiger partial charge in [0.15, 0.2) is 10.9 Å². The Kier molecular flexibility index (Phi) is 6.55. The number of nitrogens with one attached hydrogen (secondary N) is 1. The molecule has 0 unspecified atom stereocenters. The molecule has 0 aliphatic heterocycles. The predicted octanol–water partition coefficient (Wildman–Crippen LogP) is 5.17. The van der Waals surface area contributed by atoms with Crippen molar-refractivity contribution in [2.75, 3.05) is 11.9 Å². The third-order valence-electron chi connectivity index (χ3n) is 5.65. The van der Waals surface area contributed by atoms with Crippen LogP contribution in [0.5, 0.6) is 0 Å². The van der Waals surface area contributed by atoms with Gasteiger partial charge in [-0.15, -0.1) is 0 Å². The molecule has 0 bridgehead atoms. The zero-order chi connectivity index (χ0) is 22.9. The zero-order valence-electron chi connectivity index (χ0n) is 17.5. The first-order valence-corrected chi connectivity index (χ1v) is 12.7. The van der Waals surface area contributed by atoms with E-state index in [1.807, 2.05) is 6.92 Å². The molecule has 1 aliphatic carbocycles. The molecule has 1 fully saturated rings.